The lowest BCUT2D eigenvalue weighted by Gasteiger charge is -1.83. The third-order valence-electron chi connectivity index (χ3n) is 0.268. The lowest BCUT2D eigenvalue weighted by atomic mass is 10.8. The number of hydrogen-bond donors (Lipinski definition) is 3. The number of hydrazine groups is 1. The minimum absolute atomic E-state index is 0.208. The molecular formula is C3H10N2O3. The van der Waals surface area contributed by atoms with Gasteiger partial charge in [0.2, 0.25) is 0 Å². The van der Waals surface area contributed by atoms with Crippen molar-refractivity contribution in [3.8, 4) is 0 Å². The van der Waals surface area contributed by atoms with Gasteiger partial charge in [-0.3, -0.25) is 11.7 Å². The van der Waals surface area contributed by atoms with Crippen molar-refractivity contribution in [2.24, 2.45) is 11.7 Å². The summed E-state index contributed by atoms with van der Waals surface area (Å²) < 4.78 is 4.20. The molecule has 0 saturated heterocycles. The second kappa shape index (κ2) is 9.61. The van der Waals surface area contributed by atoms with Gasteiger partial charge in [-0.15, -0.1) is 0 Å². The van der Waals surface area contributed by atoms with Crippen molar-refractivity contribution >= 4 is 5.97 Å². The largest absolute Gasteiger partial charge is 0.480 e. The van der Waals surface area contributed by atoms with E-state index in [1.807, 2.05) is 0 Å². The molecule has 8 heavy (non-hydrogen) atoms. The van der Waals surface area contributed by atoms with Gasteiger partial charge in [0.1, 0.15) is 6.61 Å². The molecule has 0 unspecified atom stereocenters. The van der Waals surface area contributed by atoms with Gasteiger partial charge < -0.3 is 9.84 Å². The number of methoxy groups -OCH3 is 1. The first kappa shape index (κ1) is 10.4. The van der Waals surface area contributed by atoms with Gasteiger partial charge in [0, 0.05) is 7.11 Å². The monoisotopic (exact) mass is 122 g/mol. The molecule has 0 radical (unpaired) electrons. The minimum Gasteiger partial charge on any atom is -0.480 e. The molecule has 0 aromatic rings. The zero-order chi connectivity index (χ0) is 6.99. The molecule has 50 valence electrons. The SMILES string of the molecule is COCC(=O)O.NN. The van der Waals surface area contributed by atoms with E-state index in [4.69, 9.17) is 5.11 Å². The Morgan fingerprint density at radius 3 is 2.12 bits per heavy atom. The lowest BCUT2D eigenvalue weighted by Crippen LogP contribution is -2.02. The number of carboxylic acid groups (broad SMARTS) is 1. The zero-order valence-corrected chi connectivity index (χ0v) is 4.63. The van der Waals surface area contributed by atoms with Crippen LogP contribution in [-0.2, 0) is 9.53 Å². The van der Waals surface area contributed by atoms with Crippen molar-refractivity contribution in [1.82, 2.24) is 0 Å². The normalized spacial score (nSPS) is 6.88. The maximum Gasteiger partial charge on any atom is 0.329 e. The molecular weight excluding hydrogens is 112 g/mol. The van der Waals surface area contributed by atoms with Crippen molar-refractivity contribution < 1.29 is 14.6 Å². The van der Waals surface area contributed by atoms with E-state index in [1.165, 1.54) is 7.11 Å². The van der Waals surface area contributed by atoms with E-state index in [0.717, 1.165) is 0 Å². The summed E-state index contributed by atoms with van der Waals surface area (Å²) in [5.41, 5.74) is 0. The van der Waals surface area contributed by atoms with Crippen LogP contribution in [-0.4, -0.2) is 24.8 Å². The molecule has 0 aliphatic rings. The van der Waals surface area contributed by atoms with Crippen LogP contribution >= 0.6 is 0 Å². The van der Waals surface area contributed by atoms with E-state index in [1.54, 1.807) is 0 Å². The van der Waals surface area contributed by atoms with Crippen molar-refractivity contribution in [3.05, 3.63) is 0 Å². The zero-order valence-electron chi connectivity index (χ0n) is 4.63. The number of hydrogen-bond acceptors (Lipinski definition) is 4. The number of ether oxygens (including phenoxy) is 1. The fourth-order valence-corrected chi connectivity index (χ4v) is 0.123. The number of aliphatic carboxylic acids is 1. The van der Waals surface area contributed by atoms with E-state index in [0.29, 0.717) is 0 Å². The Hall–Kier alpha value is -0.650. The van der Waals surface area contributed by atoms with Gasteiger partial charge in [-0.25, -0.2) is 4.79 Å². The molecule has 0 bridgehead atoms. The van der Waals surface area contributed by atoms with Crippen molar-refractivity contribution in [3.63, 3.8) is 0 Å². The Morgan fingerprint density at radius 1 is 1.75 bits per heavy atom. The van der Waals surface area contributed by atoms with Gasteiger partial charge in [-0.2, -0.15) is 0 Å². The summed E-state index contributed by atoms with van der Waals surface area (Å²) in [6.07, 6.45) is 0. The molecule has 0 aliphatic carbocycles. The predicted molar refractivity (Wildman–Crippen MR) is 27.9 cm³/mol. The Balaban J connectivity index is 0. The molecule has 0 atom stereocenters. The molecule has 0 aromatic heterocycles. The van der Waals surface area contributed by atoms with Gasteiger partial charge >= 0.3 is 5.97 Å². The van der Waals surface area contributed by atoms with Crippen LogP contribution in [0.1, 0.15) is 0 Å². The van der Waals surface area contributed by atoms with E-state index in [2.05, 4.69) is 16.4 Å². The summed E-state index contributed by atoms with van der Waals surface area (Å²) in [6.45, 7) is -0.208. The highest BCUT2D eigenvalue weighted by molar-refractivity contribution is 5.67. The van der Waals surface area contributed by atoms with Gasteiger partial charge in [0.15, 0.2) is 0 Å². The van der Waals surface area contributed by atoms with E-state index >= 15 is 0 Å². The summed E-state index contributed by atoms with van der Waals surface area (Å²) in [4.78, 5) is 9.47. The summed E-state index contributed by atoms with van der Waals surface area (Å²) in [6, 6.07) is 0. The lowest BCUT2D eigenvalue weighted by molar-refractivity contribution is -0.141. The highest BCUT2D eigenvalue weighted by Gasteiger charge is 1.87. The average Bonchev–Trinajstić information content (AvgIpc) is 1.72. The van der Waals surface area contributed by atoms with Crippen molar-refractivity contribution in [2.45, 2.75) is 0 Å². The van der Waals surface area contributed by atoms with E-state index in [-0.39, 0.29) is 6.61 Å². The van der Waals surface area contributed by atoms with Crippen LogP contribution in [0.15, 0.2) is 0 Å². The summed E-state index contributed by atoms with van der Waals surface area (Å²) >= 11 is 0. The molecule has 0 spiro atoms. The standard InChI is InChI=1S/C3H6O3.H4N2/c1-6-2-3(4)5;1-2/h2H2,1H3,(H,4,5);1-2H2. The third-order valence-corrected chi connectivity index (χ3v) is 0.268. The van der Waals surface area contributed by atoms with Crippen LogP contribution in [0, 0.1) is 0 Å². The molecule has 0 aliphatic heterocycles. The van der Waals surface area contributed by atoms with Crippen LogP contribution in [0.5, 0.6) is 0 Å². The fraction of sp³-hybridized carbons (Fsp3) is 0.667. The molecule has 0 aromatic carbocycles. The first-order valence-electron chi connectivity index (χ1n) is 1.81. The molecule has 0 amide bonds. The molecule has 5 N–H and O–H groups in total. The third kappa shape index (κ3) is 18.3. The van der Waals surface area contributed by atoms with Crippen LogP contribution in [0.4, 0.5) is 0 Å². The molecule has 0 heterocycles. The van der Waals surface area contributed by atoms with Crippen LogP contribution < -0.4 is 11.7 Å². The summed E-state index contributed by atoms with van der Waals surface area (Å²) in [7, 11) is 1.34. The highest BCUT2D eigenvalue weighted by Crippen LogP contribution is 1.61. The van der Waals surface area contributed by atoms with Crippen molar-refractivity contribution in [2.75, 3.05) is 13.7 Å². The Labute approximate surface area is 47.2 Å². The fourth-order valence-electron chi connectivity index (χ4n) is 0.123. The molecule has 5 heteroatoms. The second-order valence-corrected chi connectivity index (χ2v) is 0.827. The van der Waals surface area contributed by atoms with E-state index < -0.39 is 5.97 Å². The Morgan fingerprint density at radius 2 is 2.12 bits per heavy atom. The van der Waals surface area contributed by atoms with Crippen molar-refractivity contribution in [1.29, 1.82) is 0 Å². The first-order chi connectivity index (χ1) is 3.77. The smallest absolute Gasteiger partial charge is 0.329 e. The highest BCUT2D eigenvalue weighted by atomic mass is 16.5. The minimum atomic E-state index is -0.933. The average molecular weight is 122 g/mol. The second-order valence-electron chi connectivity index (χ2n) is 0.827. The van der Waals surface area contributed by atoms with Gasteiger partial charge in [0.05, 0.1) is 0 Å². The molecule has 0 rings (SSSR count). The maximum absolute atomic E-state index is 9.47. The quantitative estimate of drug-likeness (QED) is 0.307. The van der Waals surface area contributed by atoms with Crippen LogP contribution in [0.3, 0.4) is 0 Å². The molecule has 0 saturated carbocycles. The van der Waals surface area contributed by atoms with Crippen LogP contribution in [0.25, 0.3) is 0 Å². The van der Waals surface area contributed by atoms with Crippen LogP contribution in [0.2, 0.25) is 0 Å². The Bertz CT molecular complexity index is 56.5. The number of rotatable bonds is 2. The number of carbonyl (C=O) groups is 1. The molecule has 0 fully saturated rings. The molecule has 5 nitrogen and oxygen atoms in total. The summed E-state index contributed by atoms with van der Waals surface area (Å²) in [5.74, 6) is 7.07. The maximum atomic E-state index is 9.47. The predicted octanol–water partition coefficient (Wildman–Crippen LogP) is -1.46. The van der Waals surface area contributed by atoms with E-state index in [9.17, 15) is 4.79 Å². The number of carboxylic acids is 1. The van der Waals surface area contributed by atoms with Gasteiger partial charge in [0.25, 0.3) is 0 Å². The summed E-state index contributed by atoms with van der Waals surface area (Å²) in [5, 5.41) is 7.79. The Kier molecular flexibility index (Phi) is 12.4. The first-order valence-corrected chi connectivity index (χ1v) is 1.81. The number of nitrogens with two attached hydrogens (primary N) is 2. The topological polar surface area (TPSA) is 98.6 Å². The van der Waals surface area contributed by atoms with Gasteiger partial charge in [-0.1, -0.05) is 0 Å². The van der Waals surface area contributed by atoms with Gasteiger partial charge in [-0.05, 0) is 0 Å².